The molecule has 0 radical (unpaired) electrons. The van der Waals surface area contributed by atoms with Crippen molar-refractivity contribution in [2.75, 3.05) is 19.7 Å². The Morgan fingerprint density at radius 3 is 2.60 bits per heavy atom. The Morgan fingerprint density at radius 1 is 1.47 bits per heavy atom. The number of amidine groups is 1. The van der Waals surface area contributed by atoms with Gasteiger partial charge in [0.05, 0.1) is 12.3 Å². The smallest absolute Gasteiger partial charge is 0.281 e. The average molecular weight is 214 g/mol. The number of carbonyl (C=O) groups excluding carboxylic acids is 1. The molecule has 0 saturated heterocycles. The van der Waals surface area contributed by atoms with E-state index in [0.29, 0.717) is 26.1 Å². The van der Waals surface area contributed by atoms with Crippen molar-refractivity contribution in [3.63, 3.8) is 0 Å². The van der Waals surface area contributed by atoms with E-state index < -0.39 is 0 Å². The molecule has 0 fully saturated rings. The molecule has 0 heterocycles. The third-order valence-electron chi connectivity index (χ3n) is 1.50. The standard InChI is InChI=1S/C9H18N4O2/c1-3-15-9(11)13-6-4-5-12-8(14)7(2)10/h2-6,10H2,1H3,(H2,11,13)(H,12,14). The van der Waals surface area contributed by atoms with Crippen LogP contribution in [0.3, 0.4) is 0 Å². The highest BCUT2D eigenvalue weighted by molar-refractivity contribution is 5.91. The summed E-state index contributed by atoms with van der Waals surface area (Å²) < 4.78 is 4.86. The predicted molar refractivity (Wildman–Crippen MR) is 58.3 cm³/mol. The van der Waals surface area contributed by atoms with Crippen molar-refractivity contribution in [2.45, 2.75) is 13.3 Å². The molecule has 0 aromatic rings. The van der Waals surface area contributed by atoms with Gasteiger partial charge in [-0.2, -0.15) is 0 Å². The summed E-state index contributed by atoms with van der Waals surface area (Å²) in [6.45, 7) is 6.63. The molecule has 6 nitrogen and oxygen atoms in total. The normalized spacial score (nSPS) is 9.13. The van der Waals surface area contributed by atoms with Crippen LogP contribution in [-0.4, -0.2) is 31.6 Å². The lowest BCUT2D eigenvalue weighted by molar-refractivity contribution is -0.117. The second-order valence-corrected chi connectivity index (χ2v) is 2.82. The van der Waals surface area contributed by atoms with Crippen LogP contribution in [0.2, 0.25) is 0 Å². The van der Waals surface area contributed by atoms with Crippen molar-refractivity contribution in [2.24, 2.45) is 5.73 Å². The second-order valence-electron chi connectivity index (χ2n) is 2.82. The van der Waals surface area contributed by atoms with Gasteiger partial charge in [-0.05, 0) is 13.3 Å². The van der Waals surface area contributed by atoms with Gasteiger partial charge in [-0.3, -0.25) is 10.2 Å². The van der Waals surface area contributed by atoms with Crippen molar-refractivity contribution in [3.05, 3.63) is 12.3 Å². The zero-order chi connectivity index (χ0) is 11.7. The molecular weight excluding hydrogens is 196 g/mol. The largest absolute Gasteiger partial charge is 0.466 e. The SMILES string of the molecule is C=C(N)C(=O)NCCCNC(=N)OCC. The van der Waals surface area contributed by atoms with Crippen LogP contribution in [0.5, 0.6) is 0 Å². The van der Waals surface area contributed by atoms with E-state index >= 15 is 0 Å². The molecule has 0 aliphatic heterocycles. The van der Waals surface area contributed by atoms with E-state index in [9.17, 15) is 4.79 Å². The summed E-state index contributed by atoms with van der Waals surface area (Å²) >= 11 is 0. The molecule has 0 saturated carbocycles. The maximum absolute atomic E-state index is 10.9. The fourth-order valence-corrected chi connectivity index (χ4v) is 0.801. The van der Waals surface area contributed by atoms with E-state index in [4.69, 9.17) is 15.9 Å². The van der Waals surface area contributed by atoms with Crippen LogP contribution in [0.1, 0.15) is 13.3 Å². The Labute approximate surface area is 89.4 Å². The third kappa shape index (κ3) is 7.36. The molecule has 0 aliphatic rings. The highest BCUT2D eigenvalue weighted by Crippen LogP contribution is 1.80. The molecule has 1 amide bonds. The molecule has 0 aliphatic carbocycles. The molecule has 5 N–H and O–H groups in total. The van der Waals surface area contributed by atoms with Crippen LogP contribution in [0.4, 0.5) is 0 Å². The van der Waals surface area contributed by atoms with Crippen molar-refractivity contribution in [3.8, 4) is 0 Å². The molecule has 0 unspecified atom stereocenters. The lowest BCUT2D eigenvalue weighted by Gasteiger charge is -2.08. The van der Waals surface area contributed by atoms with Crippen molar-refractivity contribution >= 4 is 11.9 Å². The van der Waals surface area contributed by atoms with Gasteiger partial charge >= 0.3 is 0 Å². The summed E-state index contributed by atoms with van der Waals surface area (Å²) in [4.78, 5) is 10.9. The van der Waals surface area contributed by atoms with Gasteiger partial charge in [-0.25, -0.2) is 0 Å². The van der Waals surface area contributed by atoms with E-state index in [2.05, 4.69) is 17.2 Å². The summed E-state index contributed by atoms with van der Waals surface area (Å²) in [7, 11) is 0. The van der Waals surface area contributed by atoms with Gasteiger partial charge in [0, 0.05) is 13.1 Å². The Kier molecular flexibility index (Phi) is 6.78. The predicted octanol–water partition coefficient (Wildman–Crippen LogP) is -0.474. The first-order valence-corrected chi connectivity index (χ1v) is 4.75. The highest BCUT2D eigenvalue weighted by Gasteiger charge is 2.00. The number of nitrogens with two attached hydrogens (primary N) is 1. The summed E-state index contributed by atoms with van der Waals surface area (Å²) in [6, 6.07) is 0.0482. The first-order chi connectivity index (χ1) is 7.07. The van der Waals surface area contributed by atoms with Gasteiger partial charge in [-0.1, -0.05) is 6.58 Å². The minimum absolute atomic E-state index is 0.00465. The number of hydrogen-bond donors (Lipinski definition) is 4. The highest BCUT2D eigenvalue weighted by atomic mass is 16.5. The minimum Gasteiger partial charge on any atom is -0.466 e. The van der Waals surface area contributed by atoms with Crippen molar-refractivity contribution in [1.29, 1.82) is 5.41 Å². The molecular formula is C9H18N4O2. The summed E-state index contributed by atoms with van der Waals surface area (Å²) in [5.74, 6) is -0.352. The number of nitrogens with one attached hydrogen (secondary N) is 3. The van der Waals surface area contributed by atoms with Gasteiger partial charge in [-0.15, -0.1) is 0 Å². The minimum atomic E-state index is -0.352. The molecule has 86 valence electrons. The van der Waals surface area contributed by atoms with E-state index in [-0.39, 0.29) is 17.6 Å². The number of amides is 1. The van der Waals surface area contributed by atoms with Crippen molar-refractivity contribution < 1.29 is 9.53 Å². The van der Waals surface area contributed by atoms with Crippen LogP contribution >= 0.6 is 0 Å². The summed E-state index contributed by atoms with van der Waals surface area (Å²) in [6.07, 6.45) is 0.689. The van der Waals surface area contributed by atoms with Gasteiger partial charge in [0.25, 0.3) is 11.9 Å². The summed E-state index contributed by atoms with van der Waals surface area (Å²) in [5, 5.41) is 12.5. The molecule has 0 rings (SSSR count). The molecule has 15 heavy (non-hydrogen) atoms. The van der Waals surface area contributed by atoms with Crippen LogP contribution in [0.25, 0.3) is 0 Å². The Bertz CT molecular complexity index is 240. The molecule has 0 bridgehead atoms. The molecule has 6 heteroatoms. The number of rotatable bonds is 6. The van der Waals surface area contributed by atoms with E-state index in [0.717, 1.165) is 0 Å². The van der Waals surface area contributed by atoms with Gasteiger partial charge in [0.15, 0.2) is 0 Å². The third-order valence-corrected chi connectivity index (χ3v) is 1.50. The van der Waals surface area contributed by atoms with E-state index in [1.807, 2.05) is 6.92 Å². The zero-order valence-corrected chi connectivity index (χ0v) is 8.93. The maximum atomic E-state index is 10.9. The zero-order valence-electron chi connectivity index (χ0n) is 8.93. The fraction of sp³-hybridized carbons (Fsp3) is 0.556. The number of ether oxygens (including phenoxy) is 1. The lowest BCUT2D eigenvalue weighted by atomic mass is 10.4. The van der Waals surface area contributed by atoms with Gasteiger partial charge in [0.1, 0.15) is 0 Å². The quantitative estimate of drug-likeness (QED) is 0.208. The Morgan fingerprint density at radius 2 is 2.07 bits per heavy atom. The fourth-order valence-electron chi connectivity index (χ4n) is 0.801. The van der Waals surface area contributed by atoms with Crippen LogP contribution in [0, 0.1) is 5.41 Å². The molecule has 0 atom stereocenters. The number of carbonyl (C=O) groups is 1. The first kappa shape index (κ1) is 13.3. The van der Waals surface area contributed by atoms with E-state index in [1.165, 1.54) is 0 Å². The molecule has 0 aromatic carbocycles. The van der Waals surface area contributed by atoms with Crippen LogP contribution in [0.15, 0.2) is 12.3 Å². The summed E-state index contributed by atoms with van der Waals surface area (Å²) in [5.41, 5.74) is 5.17. The molecule has 0 aromatic heterocycles. The van der Waals surface area contributed by atoms with Gasteiger partial charge < -0.3 is 21.1 Å². The maximum Gasteiger partial charge on any atom is 0.281 e. The van der Waals surface area contributed by atoms with Crippen LogP contribution in [-0.2, 0) is 9.53 Å². The van der Waals surface area contributed by atoms with E-state index in [1.54, 1.807) is 0 Å². The van der Waals surface area contributed by atoms with Crippen LogP contribution < -0.4 is 16.4 Å². The molecule has 0 spiro atoms. The first-order valence-electron chi connectivity index (χ1n) is 4.75. The van der Waals surface area contributed by atoms with Gasteiger partial charge in [0.2, 0.25) is 0 Å². The Hall–Kier alpha value is -1.72. The topological polar surface area (TPSA) is 100 Å². The van der Waals surface area contributed by atoms with Crippen molar-refractivity contribution in [1.82, 2.24) is 10.6 Å². The number of hydrogen-bond acceptors (Lipinski definition) is 4. The Balaban J connectivity index is 3.36. The second kappa shape index (κ2) is 7.66. The lowest BCUT2D eigenvalue weighted by Crippen LogP contribution is -2.32. The monoisotopic (exact) mass is 214 g/mol. The average Bonchev–Trinajstić information content (AvgIpc) is 2.17.